The quantitative estimate of drug-likeness (QED) is 0.126. The molecule has 0 heterocycles. The van der Waals surface area contributed by atoms with Gasteiger partial charge in [0.05, 0.1) is 24.3 Å². The summed E-state index contributed by atoms with van der Waals surface area (Å²) in [6.45, 7) is 7.81. The Morgan fingerprint density at radius 1 is 0.513 bits per heavy atom. The number of ether oxygens (including phenoxy) is 2. The summed E-state index contributed by atoms with van der Waals surface area (Å²) in [5.41, 5.74) is 2.74. The minimum atomic E-state index is 0.701. The van der Waals surface area contributed by atoms with Crippen molar-refractivity contribution in [3.63, 3.8) is 0 Å². The van der Waals surface area contributed by atoms with E-state index in [1.54, 1.807) is 0 Å². The first kappa shape index (κ1) is 32.4. The SMILES string of the molecule is CC#Cc1cc(OCCCCCCCCCC)c(C#Cc2ccccc2)cc1OCCCCCCCCCC. The zero-order chi connectivity index (χ0) is 27.8. The van der Waals surface area contributed by atoms with E-state index in [0.717, 1.165) is 41.0 Å². The van der Waals surface area contributed by atoms with Gasteiger partial charge in [-0.05, 0) is 31.9 Å². The molecule has 0 aliphatic rings. The third-order valence-corrected chi connectivity index (χ3v) is 6.97. The van der Waals surface area contributed by atoms with E-state index >= 15 is 0 Å². The van der Waals surface area contributed by atoms with E-state index in [2.05, 4.69) is 37.5 Å². The van der Waals surface area contributed by atoms with Crippen molar-refractivity contribution in [1.29, 1.82) is 0 Å². The first-order valence-corrected chi connectivity index (χ1v) is 15.7. The fraction of sp³-hybridized carbons (Fsp3) is 0.568. The van der Waals surface area contributed by atoms with Gasteiger partial charge in [0.1, 0.15) is 11.5 Å². The maximum atomic E-state index is 6.28. The van der Waals surface area contributed by atoms with E-state index < -0.39 is 0 Å². The summed E-state index contributed by atoms with van der Waals surface area (Å²) in [6.07, 6.45) is 20.5. The lowest BCUT2D eigenvalue weighted by molar-refractivity contribution is 0.295. The first-order chi connectivity index (χ1) is 19.3. The summed E-state index contributed by atoms with van der Waals surface area (Å²) in [5, 5.41) is 0. The van der Waals surface area contributed by atoms with Crippen LogP contribution in [0.15, 0.2) is 42.5 Å². The van der Waals surface area contributed by atoms with E-state index in [-0.39, 0.29) is 0 Å². The number of benzene rings is 2. The van der Waals surface area contributed by atoms with Gasteiger partial charge in [0, 0.05) is 17.7 Å². The maximum Gasteiger partial charge on any atom is 0.136 e. The lowest BCUT2D eigenvalue weighted by atomic mass is 10.1. The average Bonchev–Trinajstić information content (AvgIpc) is 2.96. The molecule has 0 N–H and O–H groups in total. The topological polar surface area (TPSA) is 18.5 Å². The molecule has 0 saturated carbocycles. The summed E-state index contributed by atoms with van der Waals surface area (Å²) in [6, 6.07) is 14.2. The normalized spacial score (nSPS) is 10.3. The molecule has 2 aromatic rings. The Kier molecular flexibility index (Phi) is 18.3. The Morgan fingerprint density at radius 3 is 1.41 bits per heavy atom. The van der Waals surface area contributed by atoms with E-state index in [4.69, 9.17) is 9.47 Å². The van der Waals surface area contributed by atoms with Crippen molar-refractivity contribution in [1.82, 2.24) is 0 Å². The zero-order valence-electron chi connectivity index (χ0n) is 25.1. The largest absolute Gasteiger partial charge is 0.492 e. The Morgan fingerprint density at radius 2 is 0.949 bits per heavy atom. The van der Waals surface area contributed by atoms with Crippen LogP contribution in [0.2, 0.25) is 0 Å². The number of rotatable bonds is 20. The molecule has 0 unspecified atom stereocenters. The van der Waals surface area contributed by atoms with Crippen LogP contribution in [0.1, 0.15) is 140 Å². The smallest absolute Gasteiger partial charge is 0.136 e. The molecule has 2 rings (SSSR count). The lowest BCUT2D eigenvalue weighted by Crippen LogP contribution is -2.03. The highest BCUT2D eigenvalue weighted by Crippen LogP contribution is 2.29. The molecule has 0 aliphatic carbocycles. The molecular formula is C37H52O2. The molecule has 2 nitrogen and oxygen atoms in total. The zero-order valence-corrected chi connectivity index (χ0v) is 25.1. The summed E-state index contributed by atoms with van der Waals surface area (Å²) >= 11 is 0. The highest BCUT2D eigenvalue weighted by molar-refractivity contribution is 5.59. The van der Waals surface area contributed by atoms with Gasteiger partial charge in [-0.1, -0.05) is 140 Å². The average molecular weight is 529 g/mol. The predicted molar refractivity (Wildman–Crippen MR) is 168 cm³/mol. The van der Waals surface area contributed by atoms with Crippen molar-refractivity contribution in [2.24, 2.45) is 0 Å². The van der Waals surface area contributed by atoms with Crippen LogP contribution in [0.5, 0.6) is 11.5 Å². The van der Waals surface area contributed by atoms with Gasteiger partial charge in [0.25, 0.3) is 0 Å². The molecule has 2 aromatic carbocycles. The maximum absolute atomic E-state index is 6.28. The van der Waals surface area contributed by atoms with Crippen LogP contribution in [-0.4, -0.2) is 13.2 Å². The summed E-state index contributed by atoms with van der Waals surface area (Å²) in [5.74, 6) is 14.5. The van der Waals surface area contributed by atoms with Crippen LogP contribution in [-0.2, 0) is 0 Å². The molecule has 0 saturated heterocycles. The second kappa shape index (κ2) is 22.0. The van der Waals surface area contributed by atoms with Gasteiger partial charge in [-0.3, -0.25) is 0 Å². The van der Waals surface area contributed by atoms with E-state index in [9.17, 15) is 0 Å². The summed E-state index contributed by atoms with van der Waals surface area (Å²) < 4.78 is 12.5. The summed E-state index contributed by atoms with van der Waals surface area (Å²) in [7, 11) is 0. The molecule has 39 heavy (non-hydrogen) atoms. The number of unbranched alkanes of at least 4 members (excludes halogenated alkanes) is 14. The van der Waals surface area contributed by atoms with Crippen molar-refractivity contribution < 1.29 is 9.47 Å². The van der Waals surface area contributed by atoms with Gasteiger partial charge < -0.3 is 9.47 Å². The Labute approximate surface area is 240 Å². The Balaban J connectivity index is 2.00. The predicted octanol–water partition coefficient (Wildman–Crippen LogP) is 10.5. The van der Waals surface area contributed by atoms with Crippen LogP contribution in [0.3, 0.4) is 0 Å². The minimum Gasteiger partial charge on any atom is -0.492 e. The molecule has 0 amide bonds. The highest BCUT2D eigenvalue weighted by atomic mass is 16.5. The van der Waals surface area contributed by atoms with Crippen molar-refractivity contribution in [2.75, 3.05) is 13.2 Å². The third-order valence-electron chi connectivity index (χ3n) is 6.97. The van der Waals surface area contributed by atoms with Gasteiger partial charge in [-0.15, -0.1) is 5.92 Å². The first-order valence-electron chi connectivity index (χ1n) is 15.7. The monoisotopic (exact) mass is 528 g/mol. The number of hydrogen-bond donors (Lipinski definition) is 0. The second-order valence-corrected chi connectivity index (χ2v) is 10.5. The van der Waals surface area contributed by atoms with Gasteiger partial charge in [-0.2, -0.15) is 0 Å². The number of hydrogen-bond acceptors (Lipinski definition) is 2. The molecular weight excluding hydrogens is 476 g/mol. The van der Waals surface area contributed by atoms with Crippen molar-refractivity contribution in [2.45, 2.75) is 124 Å². The van der Waals surface area contributed by atoms with Gasteiger partial charge in [0.2, 0.25) is 0 Å². The van der Waals surface area contributed by atoms with E-state index in [0.29, 0.717) is 13.2 Å². The molecule has 212 valence electrons. The van der Waals surface area contributed by atoms with Crippen molar-refractivity contribution in [3.8, 4) is 35.2 Å². The Hall–Kier alpha value is -2.84. The van der Waals surface area contributed by atoms with Crippen LogP contribution >= 0.6 is 0 Å². The van der Waals surface area contributed by atoms with Gasteiger partial charge in [-0.25, -0.2) is 0 Å². The van der Waals surface area contributed by atoms with Crippen LogP contribution in [0.4, 0.5) is 0 Å². The van der Waals surface area contributed by atoms with Crippen LogP contribution < -0.4 is 9.47 Å². The fourth-order valence-corrected chi connectivity index (χ4v) is 4.63. The second-order valence-electron chi connectivity index (χ2n) is 10.5. The molecule has 0 aromatic heterocycles. The van der Waals surface area contributed by atoms with Crippen LogP contribution in [0.25, 0.3) is 0 Å². The molecule has 0 spiro atoms. The summed E-state index contributed by atoms with van der Waals surface area (Å²) in [4.78, 5) is 0. The van der Waals surface area contributed by atoms with Crippen LogP contribution in [0, 0.1) is 23.7 Å². The van der Waals surface area contributed by atoms with Gasteiger partial charge in [0.15, 0.2) is 0 Å². The Bertz CT molecular complexity index is 1020. The fourth-order valence-electron chi connectivity index (χ4n) is 4.63. The molecule has 2 heteroatoms. The molecule has 0 aliphatic heterocycles. The third kappa shape index (κ3) is 14.8. The highest BCUT2D eigenvalue weighted by Gasteiger charge is 2.11. The van der Waals surface area contributed by atoms with Gasteiger partial charge >= 0.3 is 0 Å². The van der Waals surface area contributed by atoms with E-state index in [1.165, 1.54) is 89.9 Å². The molecule has 0 fully saturated rings. The lowest BCUT2D eigenvalue weighted by Gasteiger charge is -2.14. The van der Waals surface area contributed by atoms with Crippen molar-refractivity contribution in [3.05, 3.63) is 59.2 Å². The molecule has 0 bridgehead atoms. The minimum absolute atomic E-state index is 0.701. The standard InChI is InChI=1S/C37H52O2/c1-4-7-9-11-13-15-17-22-29-38-36-32-35(28-27-33-25-20-19-21-26-33)37(31-34(36)24-6-3)39-30-23-18-16-14-12-10-8-5-2/h19-21,25-26,31-32H,4-5,7-18,22-23,29-30H2,1-3H3. The molecule has 0 atom stereocenters. The van der Waals surface area contributed by atoms with E-state index in [1.807, 2.05) is 49.4 Å². The molecule has 0 radical (unpaired) electrons. The van der Waals surface area contributed by atoms with Crippen molar-refractivity contribution >= 4 is 0 Å².